The van der Waals surface area contributed by atoms with E-state index in [2.05, 4.69) is 4.98 Å². The number of aromatic nitrogens is 1. The number of aromatic carboxylic acids is 1. The molecule has 13 heavy (non-hydrogen) atoms. The first-order valence-electron chi connectivity index (χ1n) is 3.75. The molecule has 1 aromatic heterocycles. The van der Waals surface area contributed by atoms with Gasteiger partial charge in [0.25, 0.3) is 0 Å². The molecule has 1 heterocycles. The Morgan fingerprint density at radius 3 is 3.00 bits per heavy atom. The summed E-state index contributed by atoms with van der Waals surface area (Å²) < 4.78 is 1.00. The lowest BCUT2D eigenvalue weighted by Crippen LogP contribution is -2.21. The molecule has 4 heteroatoms. The quantitative estimate of drug-likeness (QED) is 0.676. The topological polar surface area (TPSA) is 53.0 Å². The van der Waals surface area contributed by atoms with Gasteiger partial charge in [-0.3, -0.25) is 0 Å². The molecule has 0 spiro atoms. The second-order valence-electron chi connectivity index (χ2n) is 2.70. The Balaban J connectivity index is 2.67. The number of aryl methyl sites for hydroxylation is 1. The van der Waals surface area contributed by atoms with Crippen molar-refractivity contribution in [2.24, 2.45) is 0 Å². The fraction of sp³-hybridized carbons (Fsp3) is 0.111. The molecular formula is C9H6NO2S-. The molecule has 0 fully saturated rings. The molecule has 0 saturated carbocycles. The molecule has 0 bridgehead atoms. The predicted molar refractivity (Wildman–Crippen MR) is 48.7 cm³/mol. The van der Waals surface area contributed by atoms with Gasteiger partial charge in [0.2, 0.25) is 0 Å². The first-order chi connectivity index (χ1) is 6.16. The van der Waals surface area contributed by atoms with E-state index in [1.165, 1.54) is 12.1 Å². The van der Waals surface area contributed by atoms with Crippen LogP contribution in [-0.4, -0.2) is 11.0 Å². The molecule has 0 aliphatic rings. The minimum Gasteiger partial charge on any atom is -0.545 e. The summed E-state index contributed by atoms with van der Waals surface area (Å²) in [5, 5.41) is 11.5. The van der Waals surface area contributed by atoms with Gasteiger partial charge in [0.1, 0.15) is 0 Å². The van der Waals surface area contributed by atoms with Crippen molar-refractivity contribution in [2.45, 2.75) is 6.92 Å². The number of carbonyl (C=O) groups is 1. The first kappa shape index (κ1) is 8.19. The zero-order valence-electron chi connectivity index (χ0n) is 6.90. The minimum absolute atomic E-state index is 0.179. The third-order valence-corrected chi connectivity index (χ3v) is 2.68. The Morgan fingerprint density at radius 2 is 2.31 bits per heavy atom. The zero-order chi connectivity index (χ0) is 9.42. The lowest BCUT2D eigenvalue weighted by atomic mass is 10.2. The SMILES string of the molecule is Cc1nc2cc(C(=O)[O-])ccc2s1. The van der Waals surface area contributed by atoms with Crippen molar-refractivity contribution < 1.29 is 9.90 Å². The number of carbonyl (C=O) groups excluding carboxylic acids is 1. The van der Waals surface area contributed by atoms with Gasteiger partial charge in [-0.2, -0.15) is 0 Å². The van der Waals surface area contributed by atoms with Crippen LogP contribution in [0.3, 0.4) is 0 Å². The van der Waals surface area contributed by atoms with Gasteiger partial charge in [-0.25, -0.2) is 4.98 Å². The fourth-order valence-corrected chi connectivity index (χ4v) is 1.98. The minimum atomic E-state index is -1.16. The van der Waals surface area contributed by atoms with Crippen molar-refractivity contribution >= 4 is 27.5 Å². The number of rotatable bonds is 1. The first-order valence-corrected chi connectivity index (χ1v) is 4.57. The van der Waals surface area contributed by atoms with E-state index in [-0.39, 0.29) is 5.56 Å². The van der Waals surface area contributed by atoms with Gasteiger partial charge in [0.15, 0.2) is 0 Å². The molecule has 0 radical (unpaired) electrons. The molecule has 3 nitrogen and oxygen atoms in total. The number of benzene rings is 1. The van der Waals surface area contributed by atoms with E-state index in [1.54, 1.807) is 17.4 Å². The monoisotopic (exact) mass is 192 g/mol. The molecule has 0 aliphatic heterocycles. The van der Waals surface area contributed by atoms with E-state index < -0.39 is 5.97 Å². The largest absolute Gasteiger partial charge is 0.545 e. The molecular weight excluding hydrogens is 186 g/mol. The van der Waals surface area contributed by atoms with E-state index in [1.807, 2.05) is 6.92 Å². The standard InChI is InChI=1S/C9H7NO2S/c1-5-10-7-4-6(9(11)12)2-3-8(7)13-5/h2-4H,1H3,(H,11,12)/p-1. The van der Waals surface area contributed by atoms with Gasteiger partial charge in [0.05, 0.1) is 21.2 Å². The van der Waals surface area contributed by atoms with Crippen LogP contribution in [0.2, 0.25) is 0 Å². The summed E-state index contributed by atoms with van der Waals surface area (Å²) in [5.41, 5.74) is 0.905. The number of thiazole rings is 1. The van der Waals surface area contributed by atoms with Crippen molar-refractivity contribution in [3.63, 3.8) is 0 Å². The third kappa shape index (κ3) is 1.40. The number of fused-ring (bicyclic) bond motifs is 1. The molecule has 0 amide bonds. The van der Waals surface area contributed by atoms with Crippen LogP contribution in [0.4, 0.5) is 0 Å². The molecule has 1 aromatic carbocycles. The van der Waals surface area contributed by atoms with Crippen molar-refractivity contribution in [1.82, 2.24) is 4.98 Å². The summed E-state index contributed by atoms with van der Waals surface area (Å²) in [5.74, 6) is -1.16. The summed E-state index contributed by atoms with van der Waals surface area (Å²) >= 11 is 1.55. The Morgan fingerprint density at radius 1 is 1.54 bits per heavy atom. The van der Waals surface area contributed by atoms with Crippen LogP contribution < -0.4 is 5.11 Å². The van der Waals surface area contributed by atoms with E-state index in [4.69, 9.17) is 0 Å². The van der Waals surface area contributed by atoms with Gasteiger partial charge in [-0.15, -0.1) is 11.3 Å². The second kappa shape index (κ2) is 2.81. The van der Waals surface area contributed by atoms with Crippen molar-refractivity contribution in [1.29, 1.82) is 0 Å². The maximum atomic E-state index is 10.5. The average Bonchev–Trinajstić information content (AvgIpc) is 2.42. The lowest BCUT2D eigenvalue weighted by Gasteiger charge is -1.99. The number of carboxylic acid groups (broad SMARTS) is 1. The summed E-state index contributed by atoms with van der Waals surface area (Å²) in [4.78, 5) is 14.7. The van der Waals surface area contributed by atoms with Crippen LogP contribution in [0.25, 0.3) is 10.2 Å². The van der Waals surface area contributed by atoms with Gasteiger partial charge < -0.3 is 9.90 Å². The molecule has 66 valence electrons. The fourth-order valence-electron chi connectivity index (χ4n) is 1.17. The Labute approximate surface area is 78.7 Å². The maximum absolute atomic E-state index is 10.5. The van der Waals surface area contributed by atoms with Crippen LogP contribution >= 0.6 is 11.3 Å². The van der Waals surface area contributed by atoms with Crippen LogP contribution in [0.15, 0.2) is 18.2 Å². The number of carboxylic acids is 1. The third-order valence-electron chi connectivity index (χ3n) is 1.73. The van der Waals surface area contributed by atoms with Crippen LogP contribution in [0.1, 0.15) is 15.4 Å². The highest BCUT2D eigenvalue weighted by atomic mass is 32.1. The van der Waals surface area contributed by atoms with Crippen molar-refractivity contribution in [2.75, 3.05) is 0 Å². The molecule has 0 N–H and O–H groups in total. The van der Waals surface area contributed by atoms with Gasteiger partial charge in [0, 0.05) is 0 Å². The molecule has 0 aliphatic carbocycles. The van der Waals surface area contributed by atoms with Crippen LogP contribution in [0, 0.1) is 6.92 Å². The van der Waals surface area contributed by atoms with E-state index in [0.717, 1.165) is 15.2 Å². The summed E-state index contributed by atoms with van der Waals surface area (Å²) in [6.07, 6.45) is 0. The van der Waals surface area contributed by atoms with Gasteiger partial charge in [-0.05, 0) is 24.6 Å². The molecule has 2 aromatic rings. The lowest BCUT2D eigenvalue weighted by molar-refractivity contribution is -0.255. The molecule has 0 unspecified atom stereocenters. The second-order valence-corrected chi connectivity index (χ2v) is 3.94. The summed E-state index contributed by atoms with van der Waals surface area (Å²) in [6.45, 7) is 1.89. The predicted octanol–water partition coefficient (Wildman–Crippen LogP) is 0.968. The van der Waals surface area contributed by atoms with Crippen molar-refractivity contribution in [3.05, 3.63) is 28.8 Å². The molecule has 2 rings (SSSR count). The molecule has 0 saturated heterocycles. The Hall–Kier alpha value is -1.42. The van der Waals surface area contributed by atoms with Crippen molar-refractivity contribution in [3.8, 4) is 0 Å². The number of hydrogen-bond donors (Lipinski definition) is 0. The Bertz CT molecular complexity index is 475. The average molecular weight is 192 g/mol. The maximum Gasteiger partial charge on any atom is 0.0907 e. The van der Waals surface area contributed by atoms with E-state index in [9.17, 15) is 9.90 Å². The van der Waals surface area contributed by atoms with Crippen LogP contribution in [0.5, 0.6) is 0 Å². The van der Waals surface area contributed by atoms with Crippen LogP contribution in [-0.2, 0) is 0 Å². The summed E-state index contributed by atoms with van der Waals surface area (Å²) in [6, 6.07) is 4.83. The smallest absolute Gasteiger partial charge is 0.0907 e. The number of nitrogens with zero attached hydrogens (tertiary/aromatic N) is 1. The normalized spacial score (nSPS) is 10.5. The van der Waals surface area contributed by atoms with E-state index >= 15 is 0 Å². The highest BCUT2D eigenvalue weighted by molar-refractivity contribution is 7.18. The molecule has 0 atom stereocenters. The highest BCUT2D eigenvalue weighted by Gasteiger charge is 2.01. The Kier molecular flexibility index (Phi) is 1.77. The van der Waals surface area contributed by atoms with Gasteiger partial charge in [-0.1, -0.05) is 6.07 Å². The highest BCUT2D eigenvalue weighted by Crippen LogP contribution is 2.21. The summed E-state index contributed by atoms with van der Waals surface area (Å²) in [7, 11) is 0. The van der Waals surface area contributed by atoms with E-state index in [0.29, 0.717) is 0 Å². The number of hydrogen-bond acceptors (Lipinski definition) is 4. The zero-order valence-corrected chi connectivity index (χ0v) is 7.72. The van der Waals surface area contributed by atoms with Gasteiger partial charge >= 0.3 is 0 Å².